The standard InChI is InChI=1S/C11H6F3NO3/c1-5(16)15-8-3-2-6(11(12,13)14)4-7(8)9(17)10(15)18/h2-4H,1H3. The summed E-state index contributed by atoms with van der Waals surface area (Å²) in [6, 6.07) is 2.25. The number of benzene rings is 1. The van der Waals surface area contributed by atoms with E-state index in [0.29, 0.717) is 11.0 Å². The van der Waals surface area contributed by atoms with Crippen LogP contribution in [-0.4, -0.2) is 17.6 Å². The van der Waals surface area contributed by atoms with Crippen molar-refractivity contribution in [3.8, 4) is 0 Å². The Hall–Kier alpha value is -2.18. The third-order valence-electron chi connectivity index (χ3n) is 2.52. The van der Waals surface area contributed by atoms with Crippen LogP contribution < -0.4 is 4.90 Å². The molecule has 0 aliphatic carbocycles. The van der Waals surface area contributed by atoms with E-state index in [4.69, 9.17) is 0 Å². The Labute approximate surface area is 99.0 Å². The van der Waals surface area contributed by atoms with Gasteiger partial charge in [0.05, 0.1) is 16.8 Å². The summed E-state index contributed by atoms with van der Waals surface area (Å²) in [6.45, 7) is 1.05. The molecule has 1 aromatic rings. The van der Waals surface area contributed by atoms with Crippen LogP contribution in [0.4, 0.5) is 18.9 Å². The Morgan fingerprint density at radius 2 is 1.83 bits per heavy atom. The molecule has 0 atom stereocenters. The lowest BCUT2D eigenvalue weighted by atomic mass is 10.1. The second kappa shape index (κ2) is 3.66. The van der Waals surface area contributed by atoms with Crippen molar-refractivity contribution in [3.63, 3.8) is 0 Å². The molecule has 0 unspecified atom stereocenters. The van der Waals surface area contributed by atoms with E-state index in [1.165, 1.54) is 0 Å². The van der Waals surface area contributed by atoms with Gasteiger partial charge in [0, 0.05) is 6.92 Å². The zero-order chi connectivity index (χ0) is 13.7. The second-order valence-electron chi connectivity index (χ2n) is 3.72. The molecule has 18 heavy (non-hydrogen) atoms. The quantitative estimate of drug-likeness (QED) is 0.666. The van der Waals surface area contributed by atoms with Gasteiger partial charge < -0.3 is 0 Å². The molecular formula is C11H6F3NO3. The molecule has 94 valence electrons. The Balaban J connectivity index is 2.61. The molecule has 0 spiro atoms. The van der Waals surface area contributed by atoms with Gasteiger partial charge in [-0.15, -0.1) is 0 Å². The molecule has 0 fully saturated rings. The minimum atomic E-state index is -4.61. The van der Waals surface area contributed by atoms with Crippen LogP contribution in [0.3, 0.4) is 0 Å². The van der Waals surface area contributed by atoms with E-state index in [0.717, 1.165) is 19.1 Å². The number of carbonyl (C=O) groups is 3. The number of imide groups is 1. The van der Waals surface area contributed by atoms with Gasteiger partial charge in [-0.05, 0) is 18.2 Å². The molecule has 0 bridgehead atoms. The van der Waals surface area contributed by atoms with E-state index in [1.54, 1.807) is 0 Å². The fraction of sp³-hybridized carbons (Fsp3) is 0.182. The molecule has 2 rings (SSSR count). The highest BCUT2D eigenvalue weighted by atomic mass is 19.4. The number of carbonyl (C=O) groups excluding carboxylic acids is 3. The largest absolute Gasteiger partial charge is 0.416 e. The highest BCUT2D eigenvalue weighted by molar-refractivity contribution is 6.56. The molecule has 0 saturated heterocycles. The molecule has 1 heterocycles. The number of Topliss-reactive ketones (excluding diaryl/α,β-unsaturated/α-hetero) is 1. The van der Waals surface area contributed by atoms with Crippen LogP contribution >= 0.6 is 0 Å². The number of halogens is 3. The number of amides is 2. The summed E-state index contributed by atoms with van der Waals surface area (Å²) in [6.07, 6.45) is -4.61. The van der Waals surface area contributed by atoms with Crippen LogP contribution in [0.1, 0.15) is 22.8 Å². The first-order chi connectivity index (χ1) is 8.23. The molecule has 1 aliphatic rings. The lowest BCUT2D eigenvalue weighted by molar-refractivity contribution is -0.137. The molecule has 4 nitrogen and oxygen atoms in total. The van der Waals surface area contributed by atoms with Gasteiger partial charge in [-0.2, -0.15) is 13.2 Å². The van der Waals surface area contributed by atoms with Crippen LogP contribution in [0.2, 0.25) is 0 Å². The average molecular weight is 257 g/mol. The Morgan fingerprint density at radius 1 is 1.22 bits per heavy atom. The van der Waals surface area contributed by atoms with Gasteiger partial charge in [-0.25, -0.2) is 4.90 Å². The summed E-state index contributed by atoms with van der Waals surface area (Å²) in [4.78, 5) is 34.7. The zero-order valence-corrected chi connectivity index (χ0v) is 9.04. The second-order valence-corrected chi connectivity index (χ2v) is 3.72. The van der Waals surface area contributed by atoms with Crippen molar-refractivity contribution >= 4 is 23.3 Å². The van der Waals surface area contributed by atoms with Crippen molar-refractivity contribution in [2.45, 2.75) is 13.1 Å². The Bertz CT molecular complexity index is 577. The number of hydrogen-bond acceptors (Lipinski definition) is 3. The van der Waals surface area contributed by atoms with Crippen LogP contribution in [0, 0.1) is 0 Å². The smallest absolute Gasteiger partial charge is 0.283 e. The predicted molar refractivity (Wildman–Crippen MR) is 53.9 cm³/mol. The van der Waals surface area contributed by atoms with Crippen molar-refractivity contribution in [2.75, 3.05) is 4.90 Å². The number of rotatable bonds is 0. The van der Waals surface area contributed by atoms with E-state index in [-0.39, 0.29) is 5.69 Å². The van der Waals surface area contributed by atoms with Crippen molar-refractivity contribution in [1.82, 2.24) is 0 Å². The molecule has 7 heteroatoms. The van der Waals surface area contributed by atoms with Crippen LogP contribution in [0.5, 0.6) is 0 Å². The molecule has 0 aromatic heterocycles. The number of anilines is 1. The van der Waals surface area contributed by atoms with E-state index in [2.05, 4.69) is 0 Å². The lowest BCUT2D eigenvalue weighted by Gasteiger charge is -2.12. The van der Waals surface area contributed by atoms with Gasteiger partial charge in [-0.1, -0.05) is 0 Å². The van der Waals surface area contributed by atoms with Gasteiger partial charge in [0.15, 0.2) is 0 Å². The third kappa shape index (κ3) is 1.68. The summed E-state index contributed by atoms with van der Waals surface area (Å²) >= 11 is 0. The minimum absolute atomic E-state index is 0.106. The van der Waals surface area contributed by atoms with Gasteiger partial charge in [0.1, 0.15) is 0 Å². The SMILES string of the molecule is CC(=O)N1C(=O)C(=O)c2cc(C(F)(F)F)ccc21. The highest BCUT2D eigenvalue weighted by Gasteiger charge is 2.40. The van der Waals surface area contributed by atoms with Gasteiger partial charge in [0.2, 0.25) is 5.91 Å². The molecule has 0 N–H and O–H groups in total. The van der Waals surface area contributed by atoms with E-state index >= 15 is 0 Å². The molecule has 2 amide bonds. The molecule has 1 aromatic carbocycles. The van der Waals surface area contributed by atoms with Gasteiger partial charge in [-0.3, -0.25) is 14.4 Å². The summed E-state index contributed by atoms with van der Waals surface area (Å²) in [5, 5.41) is 0. The van der Waals surface area contributed by atoms with Crippen molar-refractivity contribution < 1.29 is 27.6 Å². The summed E-state index contributed by atoms with van der Waals surface area (Å²) < 4.78 is 37.4. The fourth-order valence-electron chi connectivity index (χ4n) is 1.73. The van der Waals surface area contributed by atoms with Crippen molar-refractivity contribution in [1.29, 1.82) is 0 Å². The molecule has 1 aliphatic heterocycles. The number of ketones is 1. The number of alkyl halides is 3. The van der Waals surface area contributed by atoms with E-state index in [1.807, 2.05) is 0 Å². The number of hydrogen-bond donors (Lipinski definition) is 0. The third-order valence-corrected chi connectivity index (χ3v) is 2.52. The summed E-state index contributed by atoms with van der Waals surface area (Å²) in [7, 11) is 0. The maximum Gasteiger partial charge on any atom is 0.416 e. The van der Waals surface area contributed by atoms with Crippen molar-refractivity contribution in [2.24, 2.45) is 0 Å². The first-order valence-electron chi connectivity index (χ1n) is 4.84. The van der Waals surface area contributed by atoms with Crippen LogP contribution in [-0.2, 0) is 15.8 Å². The Kier molecular flexibility index (Phi) is 2.50. The monoisotopic (exact) mass is 257 g/mol. The highest BCUT2D eigenvalue weighted by Crippen LogP contribution is 2.35. The first-order valence-corrected chi connectivity index (χ1v) is 4.84. The van der Waals surface area contributed by atoms with E-state index < -0.39 is 34.9 Å². The average Bonchev–Trinajstić information content (AvgIpc) is 2.50. The Morgan fingerprint density at radius 3 is 2.33 bits per heavy atom. The summed E-state index contributed by atoms with van der Waals surface area (Å²) in [5.41, 5.74) is -1.54. The molecular weight excluding hydrogens is 251 g/mol. The lowest BCUT2D eigenvalue weighted by Crippen LogP contribution is -2.33. The van der Waals surface area contributed by atoms with Crippen LogP contribution in [0.25, 0.3) is 0 Å². The topological polar surface area (TPSA) is 54.5 Å². The number of nitrogens with zero attached hydrogens (tertiary/aromatic N) is 1. The van der Waals surface area contributed by atoms with Crippen molar-refractivity contribution in [3.05, 3.63) is 29.3 Å². The van der Waals surface area contributed by atoms with Gasteiger partial charge in [0.25, 0.3) is 5.78 Å². The maximum atomic E-state index is 12.5. The maximum absolute atomic E-state index is 12.5. The fourth-order valence-corrected chi connectivity index (χ4v) is 1.73. The minimum Gasteiger partial charge on any atom is -0.283 e. The summed E-state index contributed by atoms with van der Waals surface area (Å²) in [5.74, 6) is -2.95. The van der Waals surface area contributed by atoms with E-state index in [9.17, 15) is 27.6 Å². The normalized spacial score (nSPS) is 15.0. The van der Waals surface area contributed by atoms with Gasteiger partial charge >= 0.3 is 12.1 Å². The molecule has 0 radical (unpaired) electrons. The first kappa shape index (κ1) is 12.3. The number of fused-ring (bicyclic) bond motifs is 1. The van der Waals surface area contributed by atoms with Crippen LogP contribution in [0.15, 0.2) is 18.2 Å². The zero-order valence-electron chi connectivity index (χ0n) is 9.04. The molecule has 0 saturated carbocycles. The predicted octanol–water partition coefficient (Wildman–Crippen LogP) is 1.78.